The van der Waals surface area contributed by atoms with E-state index in [0.29, 0.717) is 0 Å². The molecule has 3 aromatic rings. The number of unbranched alkanes of at least 4 members (excludes halogenated alkanes) is 6. The lowest BCUT2D eigenvalue weighted by Crippen LogP contribution is -2.06. The van der Waals surface area contributed by atoms with Gasteiger partial charge in [-0.2, -0.15) is 0 Å². The molecule has 0 spiro atoms. The lowest BCUT2D eigenvalue weighted by Gasteiger charge is -2.18. The Morgan fingerprint density at radius 1 is 0.633 bits per heavy atom. The first-order chi connectivity index (χ1) is 14.8. The lowest BCUT2D eigenvalue weighted by atomic mass is 10.0. The second-order valence-corrected chi connectivity index (χ2v) is 9.77. The van der Waals surface area contributed by atoms with Crippen molar-refractivity contribution in [3.8, 4) is 20.9 Å². The fourth-order valence-electron chi connectivity index (χ4n) is 3.71. The molecule has 0 fully saturated rings. The quantitative estimate of drug-likeness (QED) is 0.244. The smallest absolute Gasteiger partial charge is 0.0436 e. The second kappa shape index (κ2) is 12.8. The third kappa shape index (κ3) is 6.61. The summed E-state index contributed by atoms with van der Waals surface area (Å²) in [5.74, 6) is 0. The van der Waals surface area contributed by atoms with E-state index in [-0.39, 0.29) is 0 Å². The Hall–Kier alpha value is -1.78. The maximum atomic E-state index is 3.76. The van der Waals surface area contributed by atoms with Gasteiger partial charge in [-0.25, -0.2) is 0 Å². The Morgan fingerprint density at radius 2 is 1.10 bits per heavy atom. The Morgan fingerprint density at radius 3 is 1.47 bits per heavy atom. The van der Waals surface area contributed by atoms with Gasteiger partial charge in [0.05, 0.1) is 0 Å². The Bertz CT molecular complexity index is 766. The lowest BCUT2D eigenvalue weighted by molar-refractivity contribution is 0.685. The molecule has 4 heteroatoms. The van der Waals surface area contributed by atoms with Crippen molar-refractivity contribution >= 4 is 34.0 Å². The average molecular weight is 441 g/mol. The van der Waals surface area contributed by atoms with Crippen LogP contribution in [0.1, 0.15) is 65.2 Å². The summed E-state index contributed by atoms with van der Waals surface area (Å²) >= 11 is 3.64. The largest absolute Gasteiger partial charge is 0.385 e. The summed E-state index contributed by atoms with van der Waals surface area (Å²) in [6.07, 6.45) is 10.2. The van der Waals surface area contributed by atoms with Gasteiger partial charge < -0.3 is 10.6 Å². The van der Waals surface area contributed by atoms with Crippen molar-refractivity contribution in [2.45, 2.75) is 65.2 Å². The second-order valence-electron chi connectivity index (χ2n) is 7.87. The number of nitrogens with one attached hydrogen (secondary N) is 2. The molecule has 0 aliphatic carbocycles. The van der Waals surface area contributed by atoms with Crippen molar-refractivity contribution in [1.29, 1.82) is 0 Å². The van der Waals surface area contributed by atoms with Crippen molar-refractivity contribution in [3.63, 3.8) is 0 Å². The fourth-order valence-corrected chi connectivity index (χ4v) is 5.23. The number of hydrogen-bond acceptors (Lipinski definition) is 4. The molecule has 0 radical (unpaired) electrons. The maximum absolute atomic E-state index is 3.76. The van der Waals surface area contributed by atoms with Gasteiger partial charge in [-0.15, -0.1) is 22.7 Å². The summed E-state index contributed by atoms with van der Waals surface area (Å²) < 4.78 is 0. The molecule has 2 N–H and O–H groups in total. The van der Waals surface area contributed by atoms with Gasteiger partial charge in [0.1, 0.15) is 0 Å². The standard InChI is InChI=1S/C26H36N2S2/c1-3-5-7-9-15-27-23-19-22(26-14-12-18-30-26)24(28-16-10-8-6-4-2)20-21(23)25-13-11-17-29-25/h11-14,17-20,27-28H,3-10,15-16H2,1-2H3. The molecule has 0 unspecified atom stereocenters. The highest BCUT2D eigenvalue weighted by Gasteiger charge is 2.14. The minimum absolute atomic E-state index is 1.03. The van der Waals surface area contributed by atoms with Crippen molar-refractivity contribution in [2.75, 3.05) is 23.7 Å². The minimum Gasteiger partial charge on any atom is -0.385 e. The Kier molecular flexibility index (Phi) is 9.78. The molecule has 0 amide bonds. The summed E-state index contributed by atoms with van der Waals surface area (Å²) in [5.41, 5.74) is 5.15. The van der Waals surface area contributed by atoms with Crippen molar-refractivity contribution in [1.82, 2.24) is 0 Å². The van der Waals surface area contributed by atoms with Crippen molar-refractivity contribution in [2.24, 2.45) is 0 Å². The number of hydrogen-bond donors (Lipinski definition) is 2. The molecule has 3 rings (SSSR count). The van der Waals surface area contributed by atoms with Gasteiger partial charge >= 0.3 is 0 Å². The molecular weight excluding hydrogens is 404 g/mol. The van der Waals surface area contributed by atoms with E-state index in [2.05, 4.69) is 71.6 Å². The molecular formula is C26H36N2S2. The number of thiophene rings is 2. The van der Waals surface area contributed by atoms with Crippen LogP contribution in [0.3, 0.4) is 0 Å². The highest BCUT2D eigenvalue weighted by molar-refractivity contribution is 7.14. The molecule has 2 nitrogen and oxygen atoms in total. The third-order valence-electron chi connectivity index (χ3n) is 5.42. The van der Waals surface area contributed by atoms with E-state index in [1.165, 1.54) is 83.6 Å². The molecule has 0 saturated carbocycles. The molecule has 0 saturated heterocycles. The zero-order chi connectivity index (χ0) is 21.0. The third-order valence-corrected chi connectivity index (χ3v) is 7.23. The number of benzene rings is 1. The van der Waals surface area contributed by atoms with E-state index in [1.54, 1.807) is 0 Å². The number of anilines is 2. The molecule has 2 aromatic heterocycles. The van der Waals surface area contributed by atoms with Crippen LogP contribution in [0.5, 0.6) is 0 Å². The first-order valence-corrected chi connectivity index (χ1v) is 13.3. The van der Waals surface area contributed by atoms with Gasteiger partial charge in [-0.3, -0.25) is 0 Å². The fraction of sp³-hybridized carbons (Fsp3) is 0.462. The SMILES string of the molecule is CCCCCCNc1cc(-c2cccs2)c(NCCCCCC)cc1-c1cccs1. The molecule has 0 bridgehead atoms. The minimum atomic E-state index is 1.03. The van der Waals surface area contributed by atoms with E-state index in [4.69, 9.17) is 0 Å². The summed E-state index contributed by atoms with van der Waals surface area (Å²) in [7, 11) is 0. The van der Waals surface area contributed by atoms with E-state index in [9.17, 15) is 0 Å². The average Bonchev–Trinajstić information content (AvgIpc) is 3.48. The highest BCUT2D eigenvalue weighted by atomic mass is 32.1. The van der Waals surface area contributed by atoms with Crippen LogP contribution >= 0.6 is 22.7 Å². The normalized spacial score (nSPS) is 11.0. The van der Waals surface area contributed by atoms with Gasteiger partial charge in [0.25, 0.3) is 0 Å². The summed E-state index contributed by atoms with van der Waals surface area (Å²) in [6, 6.07) is 13.5. The first-order valence-electron chi connectivity index (χ1n) is 11.6. The van der Waals surface area contributed by atoms with Crippen LogP contribution in [-0.2, 0) is 0 Å². The van der Waals surface area contributed by atoms with E-state index >= 15 is 0 Å². The monoisotopic (exact) mass is 440 g/mol. The highest BCUT2D eigenvalue weighted by Crippen LogP contribution is 2.41. The van der Waals surface area contributed by atoms with Gasteiger partial charge in [-0.1, -0.05) is 64.5 Å². The summed E-state index contributed by atoms with van der Waals surface area (Å²) in [6.45, 7) is 6.60. The Balaban J connectivity index is 1.86. The van der Waals surface area contributed by atoms with Gasteiger partial charge in [0.2, 0.25) is 0 Å². The van der Waals surface area contributed by atoms with E-state index in [0.717, 1.165) is 13.1 Å². The van der Waals surface area contributed by atoms with Gasteiger partial charge in [0, 0.05) is 45.3 Å². The molecule has 0 aliphatic rings. The molecule has 30 heavy (non-hydrogen) atoms. The van der Waals surface area contributed by atoms with Crippen LogP contribution in [0.2, 0.25) is 0 Å². The van der Waals surface area contributed by atoms with Crippen LogP contribution in [-0.4, -0.2) is 13.1 Å². The maximum Gasteiger partial charge on any atom is 0.0436 e. The van der Waals surface area contributed by atoms with Crippen LogP contribution in [0.15, 0.2) is 47.2 Å². The zero-order valence-electron chi connectivity index (χ0n) is 18.5. The van der Waals surface area contributed by atoms with Crippen molar-refractivity contribution < 1.29 is 0 Å². The number of rotatable bonds is 14. The van der Waals surface area contributed by atoms with E-state index < -0.39 is 0 Å². The Labute approximate surface area is 190 Å². The predicted molar refractivity (Wildman–Crippen MR) is 138 cm³/mol. The van der Waals surface area contributed by atoms with Gasteiger partial charge in [0.15, 0.2) is 0 Å². The summed E-state index contributed by atoms with van der Waals surface area (Å²) in [4.78, 5) is 2.66. The van der Waals surface area contributed by atoms with Gasteiger partial charge in [-0.05, 0) is 47.9 Å². The first kappa shape index (κ1) is 22.9. The van der Waals surface area contributed by atoms with Crippen LogP contribution < -0.4 is 10.6 Å². The zero-order valence-corrected chi connectivity index (χ0v) is 20.1. The van der Waals surface area contributed by atoms with E-state index in [1.807, 2.05) is 22.7 Å². The van der Waals surface area contributed by atoms with Crippen LogP contribution in [0, 0.1) is 0 Å². The molecule has 162 valence electrons. The molecule has 1 aromatic carbocycles. The molecule has 0 atom stereocenters. The topological polar surface area (TPSA) is 24.1 Å². The van der Waals surface area contributed by atoms with Crippen LogP contribution in [0.4, 0.5) is 11.4 Å². The molecule has 2 heterocycles. The summed E-state index contributed by atoms with van der Waals surface area (Å²) in [5, 5.41) is 11.9. The van der Waals surface area contributed by atoms with Crippen LogP contribution in [0.25, 0.3) is 20.9 Å². The predicted octanol–water partition coefficient (Wildman–Crippen LogP) is 9.13. The van der Waals surface area contributed by atoms with Crippen molar-refractivity contribution in [3.05, 3.63) is 47.2 Å². The molecule has 0 aliphatic heterocycles.